The zero-order valence-electron chi connectivity index (χ0n) is 5.67. The normalized spacial score (nSPS) is 9.18. The van der Waals surface area contributed by atoms with Crippen LogP contribution in [0.25, 0.3) is 0 Å². The van der Waals surface area contributed by atoms with Crippen LogP contribution in [0.4, 0.5) is 10.5 Å². The third-order valence-electron chi connectivity index (χ3n) is 1.13. The quantitative estimate of drug-likeness (QED) is 0.744. The highest BCUT2D eigenvalue weighted by Crippen LogP contribution is 2.20. The van der Waals surface area contributed by atoms with Gasteiger partial charge in [-0.1, -0.05) is 12.1 Å². The standard InChI is InChI=1S/C7H7BrN2O.H2/c8-5-3-1-2-4-6(5)10-7(9)11;/h1-4H,(H3,9,10,11);1H. The summed E-state index contributed by atoms with van der Waals surface area (Å²) in [5.41, 5.74) is 5.60. The number of nitrogens with one attached hydrogen (secondary N) is 1. The highest BCUT2D eigenvalue weighted by Gasteiger charge is 1.98. The zero-order valence-corrected chi connectivity index (χ0v) is 7.26. The zero-order chi connectivity index (χ0) is 8.27. The lowest BCUT2D eigenvalue weighted by Crippen LogP contribution is -2.19. The van der Waals surface area contributed by atoms with E-state index in [0.717, 1.165) is 4.47 Å². The van der Waals surface area contributed by atoms with Gasteiger partial charge in [-0.05, 0) is 28.1 Å². The number of carbonyl (C=O) groups excluding carboxylic acids is 1. The van der Waals surface area contributed by atoms with Crippen LogP contribution < -0.4 is 11.1 Å². The van der Waals surface area contributed by atoms with Crippen LogP contribution in [0.5, 0.6) is 0 Å². The molecular formula is C7H9BrN2O. The Bertz CT molecular complexity index is 280. The number of anilines is 1. The lowest BCUT2D eigenvalue weighted by molar-refractivity contribution is 0.259. The summed E-state index contributed by atoms with van der Waals surface area (Å²) < 4.78 is 0.818. The number of para-hydroxylation sites is 1. The van der Waals surface area contributed by atoms with Gasteiger partial charge in [0.15, 0.2) is 0 Å². The SMILES string of the molecule is NC(=O)Nc1ccccc1Br.[HH]. The Morgan fingerprint density at radius 2 is 2.18 bits per heavy atom. The predicted octanol–water partition coefficient (Wildman–Crippen LogP) is 2.19. The molecule has 2 amide bonds. The number of halogens is 1. The molecule has 0 aliphatic rings. The van der Waals surface area contributed by atoms with Crippen molar-refractivity contribution in [2.45, 2.75) is 0 Å². The summed E-state index contributed by atoms with van der Waals surface area (Å²) in [7, 11) is 0. The first kappa shape index (κ1) is 8.07. The number of primary amides is 1. The molecule has 0 aliphatic carbocycles. The van der Waals surface area contributed by atoms with E-state index in [1.807, 2.05) is 18.2 Å². The fourth-order valence-electron chi connectivity index (χ4n) is 0.695. The molecule has 0 bridgehead atoms. The summed E-state index contributed by atoms with van der Waals surface area (Å²) in [6.45, 7) is 0. The molecule has 0 saturated carbocycles. The molecule has 0 radical (unpaired) electrons. The van der Waals surface area contributed by atoms with E-state index in [2.05, 4.69) is 21.2 Å². The third kappa shape index (κ3) is 2.23. The minimum atomic E-state index is -0.558. The summed E-state index contributed by atoms with van der Waals surface area (Å²) in [5, 5.41) is 2.47. The van der Waals surface area contributed by atoms with Crippen molar-refractivity contribution in [1.82, 2.24) is 0 Å². The summed E-state index contributed by atoms with van der Waals surface area (Å²) in [6.07, 6.45) is 0. The Kier molecular flexibility index (Phi) is 2.48. The molecule has 0 aliphatic heterocycles. The molecule has 0 saturated heterocycles. The van der Waals surface area contributed by atoms with E-state index in [4.69, 9.17) is 5.73 Å². The van der Waals surface area contributed by atoms with Crippen molar-refractivity contribution in [3.05, 3.63) is 28.7 Å². The molecule has 0 unspecified atom stereocenters. The first-order valence-corrected chi connectivity index (χ1v) is 3.80. The Balaban J connectivity index is 0.00000121. The largest absolute Gasteiger partial charge is 0.351 e. The highest BCUT2D eigenvalue weighted by atomic mass is 79.9. The number of benzene rings is 1. The first-order chi connectivity index (χ1) is 5.20. The Morgan fingerprint density at radius 1 is 1.55 bits per heavy atom. The molecule has 0 spiro atoms. The topological polar surface area (TPSA) is 55.1 Å². The fraction of sp³-hybridized carbons (Fsp3) is 0. The molecule has 3 nitrogen and oxygen atoms in total. The average molecular weight is 217 g/mol. The van der Waals surface area contributed by atoms with E-state index < -0.39 is 6.03 Å². The summed E-state index contributed by atoms with van der Waals surface area (Å²) in [5.74, 6) is 0. The molecule has 1 rings (SSSR count). The van der Waals surface area contributed by atoms with Gasteiger partial charge in [0.05, 0.1) is 5.69 Å². The second-order valence-electron chi connectivity index (χ2n) is 1.97. The molecule has 1 aromatic rings. The van der Waals surface area contributed by atoms with Crippen LogP contribution in [0.15, 0.2) is 28.7 Å². The van der Waals surface area contributed by atoms with Gasteiger partial charge < -0.3 is 11.1 Å². The van der Waals surface area contributed by atoms with Crippen molar-refractivity contribution in [2.24, 2.45) is 5.73 Å². The third-order valence-corrected chi connectivity index (χ3v) is 1.82. The van der Waals surface area contributed by atoms with Crippen molar-refractivity contribution < 1.29 is 6.22 Å². The molecule has 1 aromatic carbocycles. The Morgan fingerprint density at radius 3 is 2.73 bits per heavy atom. The maximum Gasteiger partial charge on any atom is 0.316 e. The average Bonchev–Trinajstić information content (AvgIpc) is 1.93. The predicted molar refractivity (Wildman–Crippen MR) is 49.5 cm³/mol. The van der Waals surface area contributed by atoms with Crippen molar-refractivity contribution in [2.75, 3.05) is 5.32 Å². The van der Waals surface area contributed by atoms with Gasteiger partial charge in [0.25, 0.3) is 0 Å². The fourth-order valence-corrected chi connectivity index (χ4v) is 1.08. The summed E-state index contributed by atoms with van der Waals surface area (Å²) >= 11 is 3.25. The number of amides is 2. The van der Waals surface area contributed by atoms with E-state index >= 15 is 0 Å². The van der Waals surface area contributed by atoms with Crippen LogP contribution in [-0.2, 0) is 0 Å². The molecule has 0 aromatic heterocycles. The minimum absolute atomic E-state index is 0. The van der Waals surface area contributed by atoms with Gasteiger partial charge in [-0.2, -0.15) is 0 Å². The molecule has 4 heteroatoms. The molecule has 11 heavy (non-hydrogen) atoms. The number of hydrogen-bond acceptors (Lipinski definition) is 1. The van der Waals surface area contributed by atoms with Crippen molar-refractivity contribution in [3.63, 3.8) is 0 Å². The maximum absolute atomic E-state index is 10.4. The number of urea groups is 1. The number of rotatable bonds is 1. The lowest BCUT2D eigenvalue weighted by Gasteiger charge is -2.02. The van der Waals surface area contributed by atoms with Crippen molar-refractivity contribution >= 4 is 27.6 Å². The van der Waals surface area contributed by atoms with E-state index in [1.54, 1.807) is 6.07 Å². The van der Waals surface area contributed by atoms with Gasteiger partial charge in [-0.15, -0.1) is 0 Å². The second-order valence-corrected chi connectivity index (χ2v) is 2.82. The van der Waals surface area contributed by atoms with Crippen molar-refractivity contribution in [3.8, 4) is 0 Å². The number of hydrogen-bond donors (Lipinski definition) is 2. The van der Waals surface area contributed by atoms with Crippen LogP contribution in [0.1, 0.15) is 1.43 Å². The first-order valence-electron chi connectivity index (χ1n) is 3.01. The maximum atomic E-state index is 10.4. The van der Waals surface area contributed by atoms with Gasteiger partial charge >= 0.3 is 6.03 Å². The Labute approximate surface area is 74.2 Å². The highest BCUT2D eigenvalue weighted by molar-refractivity contribution is 9.10. The molecule has 0 heterocycles. The van der Waals surface area contributed by atoms with Crippen molar-refractivity contribution in [1.29, 1.82) is 0 Å². The van der Waals surface area contributed by atoms with Crippen LogP contribution in [0.3, 0.4) is 0 Å². The molecular weight excluding hydrogens is 208 g/mol. The van der Waals surface area contributed by atoms with Gasteiger partial charge in [-0.25, -0.2) is 4.79 Å². The molecule has 0 fully saturated rings. The van der Waals surface area contributed by atoms with Gasteiger partial charge in [0, 0.05) is 5.90 Å². The molecule has 60 valence electrons. The lowest BCUT2D eigenvalue weighted by atomic mass is 10.3. The smallest absolute Gasteiger partial charge is 0.316 e. The van der Waals surface area contributed by atoms with Crippen LogP contribution in [0.2, 0.25) is 0 Å². The molecule has 0 atom stereocenters. The monoisotopic (exact) mass is 216 g/mol. The van der Waals surface area contributed by atoms with E-state index in [1.165, 1.54) is 0 Å². The van der Waals surface area contributed by atoms with Gasteiger partial charge in [0.2, 0.25) is 0 Å². The van der Waals surface area contributed by atoms with Crippen LogP contribution in [-0.4, -0.2) is 6.03 Å². The molecule has 3 N–H and O–H groups in total. The summed E-state index contributed by atoms with van der Waals surface area (Å²) in [6, 6.07) is 6.70. The minimum Gasteiger partial charge on any atom is -0.351 e. The van der Waals surface area contributed by atoms with Crippen LogP contribution in [0, 0.1) is 0 Å². The second kappa shape index (κ2) is 3.39. The number of nitrogens with two attached hydrogens (primary N) is 1. The summed E-state index contributed by atoms with van der Waals surface area (Å²) in [4.78, 5) is 10.4. The van der Waals surface area contributed by atoms with Crippen LogP contribution >= 0.6 is 15.9 Å². The van der Waals surface area contributed by atoms with E-state index in [0.29, 0.717) is 5.69 Å². The van der Waals surface area contributed by atoms with E-state index in [9.17, 15) is 4.79 Å². The number of carbonyl (C=O) groups is 1. The van der Waals surface area contributed by atoms with Gasteiger partial charge in [-0.3, -0.25) is 0 Å². The van der Waals surface area contributed by atoms with Gasteiger partial charge in [0.1, 0.15) is 0 Å². The Hall–Kier alpha value is -1.03. The van der Waals surface area contributed by atoms with E-state index in [-0.39, 0.29) is 1.43 Å².